The SMILES string of the molecule is CCNc1cc(C(F)(F)F)nc2c(Br)cccc12. The van der Waals surface area contributed by atoms with E-state index in [2.05, 4.69) is 26.2 Å². The lowest BCUT2D eigenvalue weighted by Gasteiger charge is -2.13. The standard InChI is InChI=1S/C12H10BrF3N2/c1-2-17-9-6-10(12(14,15)16)18-11-7(9)4-3-5-8(11)13/h3-6H,2H2,1H3,(H,17,18). The molecule has 0 unspecified atom stereocenters. The van der Waals surface area contributed by atoms with Crippen LogP contribution in [0.2, 0.25) is 0 Å². The van der Waals surface area contributed by atoms with Crippen LogP contribution in [0.25, 0.3) is 10.9 Å². The van der Waals surface area contributed by atoms with E-state index in [1.54, 1.807) is 18.2 Å². The van der Waals surface area contributed by atoms with E-state index < -0.39 is 11.9 Å². The average Bonchev–Trinajstić information content (AvgIpc) is 2.29. The van der Waals surface area contributed by atoms with Crippen LogP contribution in [0.15, 0.2) is 28.7 Å². The van der Waals surface area contributed by atoms with Crippen molar-refractivity contribution in [3.8, 4) is 0 Å². The summed E-state index contributed by atoms with van der Waals surface area (Å²) in [5.74, 6) is 0. The van der Waals surface area contributed by atoms with Crippen LogP contribution in [0.3, 0.4) is 0 Å². The van der Waals surface area contributed by atoms with Crippen LogP contribution in [0, 0.1) is 0 Å². The largest absolute Gasteiger partial charge is 0.433 e. The number of nitrogens with zero attached hydrogens (tertiary/aromatic N) is 1. The number of rotatable bonds is 2. The smallest absolute Gasteiger partial charge is 0.385 e. The Kier molecular flexibility index (Phi) is 3.47. The summed E-state index contributed by atoms with van der Waals surface area (Å²) in [5, 5.41) is 3.60. The van der Waals surface area contributed by atoms with Gasteiger partial charge in [-0.3, -0.25) is 0 Å². The third-order valence-electron chi connectivity index (χ3n) is 2.45. The van der Waals surface area contributed by atoms with Crippen molar-refractivity contribution in [1.29, 1.82) is 0 Å². The van der Waals surface area contributed by atoms with Crippen molar-refractivity contribution < 1.29 is 13.2 Å². The maximum absolute atomic E-state index is 12.8. The number of benzene rings is 1. The molecule has 1 heterocycles. The molecule has 2 aromatic rings. The number of para-hydroxylation sites is 1. The molecule has 96 valence electrons. The zero-order chi connectivity index (χ0) is 13.3. The number of hydrogen-bond acceptors (Lipinski definition) is 2. The lowest BCUT2D eigenvalue weighted by atomic mass is 10.1. The molecule has 6 heteroatoms. The summed E-state index contributed by atoms with van der Waals surface area (Å²) in [6.45, 7) is 2.38. The van der Waals surface area contributed by atoms with Crippen LogP contribution in [-0.2, 0) is 6.18 Å². The molecule has 0 aliphatic carbocycles. The zero-order valence-electron chi connectivity index (χ0n) is 9.48. The van der Waals surface area contributed by atoms with Crippen LogP contribution in [0.5, 0.6) is 0 Å². The molecular formula is C12H10BrF3N2. The topological polar surface area (TPSA) is 24.9 Å². The van der Waals surface area contributed by atoms with E-state index in [0.29, 0.717) is 27.6 Å². The van der Waals surface area contributed by atoms with E-state index in [0.717, 1.165) is 6.07 Å². The summed E-state index contributed by atoms with van der Waals surface area (Å²) in [6.07, 6.45) is -4.45. The Morgan fingerprint density at radius 2 is 2.06 bits per heavy atom. The lowest BCUT2D eigenvalue weighted by molar-refractivity contribution is -0.140. The fraction of sp³-hybridized carbons (Fsp3) is 0.250. The van der Waals surface area contributed by atoms with Gasteiger partial charge >= 0.3 is 6.18 Å². The Hall–Kier alpha value is -1.30. The van der Waals surface area contributed by atoms with Crippen LogP contribution >= 0.6 is 15.9 Å². The van der Waals surface area contributed by atoms with E-state index in [1.165, 1.54) is 0 Å². The van der Waals surface area contributed by atoms with Gasteiger partial charge in [-0.05, 0) is 35.0 Å². The Balaban J connectivity index is 2.75. The van der Waals surface area contributed by atoms with Gasteiger partial charge in [0, 0.05) is 22.1 Å². The van der Waals surface area contributed by atoms with Crippen molar-refractivity contribution >= 4 is 32.5 Å². The molecule has 1 aromatic heterocycles. The molecule has 0 saturated carbocycles. The minimum Gasteiger partial charge on any atom is -0.385 e. The fourth-order valence-electron chi connectivity index (χ4n) is 1.70. The molecule has 0 amide bonds. The van der Waals surface area contributed by atoms with Gasteiger partial charge in [0.2, 0.25) is 0 Å². The first-order valence-electron chi connectivity index (χ1n) is 5.34. The average molecular weight is 319 g/mol. The highest BCUT2D eigenvalue weighted by molar-refractivity contribution is 9.10. The van der Waals surface area contributed by atoms with Crippen LogP contribution in [0.1, 0.15) is 12.6 Å². The highest BCUT2D eigenvalue weighted by atomic mass is 79.9. The van der Waals surface area contributed by atoms with Crippen LogP contribution < -0.4 is 5.32 Å². The minimum atomic E-state index is -4.45. The van der Waals surface area contributed by atoms with Gasteiger partial charge < -0.3 is 5.32 Å². The van der Waals surface area contributed by atoms with E-state index in [-0.39, 0.29) is 0 Å². The Morgan fingerprint density at radius 3 is 2.67 bits per heavy atom. The molecule has 2 nitrogen and oxygen atoms in total. The first-order valence-corrected chi connectivity index (χ1v) is 6.13. The molecular weight excluding hydrogens is 309 g/mol. The predicted molar refractivity (Wildman–Crippen MR) is 68.6 cm³/mol. The number of alkyl halides is 3. The Bertz CT molecular complexity index is 581. The Labute approximate surface area is 110 Å². The van der Waals surface area contributed by atoms with Crippen molar-refractivity contribution in [2.24, 2.45) is 0 Å². The van der Waals surface area contributed by atoms with Crippen molar-refractivity contribution in [1.82, 2.24) is 4.98 Å². The molecule has 0 spiro atoms. The van der Waals surface area contributed by atoms with E-state index >= 15 is 0 Å². The lowest BCUT2D eigenvalue weighted by Crippen LogP contribution is -2.10. The normalized spacial score (nSPS) is 11.8. The van der Waals surface area contributed by atoms with Gasteiger partial charge in [-0.25, -0.2) is 4.98 Å². The summed E-state index contributed by atoms with van der Waals surface area (Å²) in [4.78, 5) is 3.68. The van der Waals surface area contributed by atoms with E-state index in [9.17, 15) is 13.2 Å². The summed E-state index contributed by atoms with van der Waals surface area (Å²) >= 11 is 3.23. The Morgan fingerprint density at radius 1 is 1.33 bits per heavy atom. The number of fused-ring (bicyclic) bond motifs is 1. The number of hydrogen-bond donors (Lipinski definition) is 1. The van der Waals surface area contributed by atoms with Crippen molar-refractivity contribution in [2.45, 2.75) is 13.1 Å². The third-order valence-corrected chi connectivity index (χ3v) is 3.09. The maximum atomic E-state index is 12.8. The van der Waals surface area contributed by atoms with Crippen molar-refractivity contribution in [3.05, 3.63) is 34.4 Å². The van der Waals surface area contributed by atoms with Gasteiger partial charge in [-0.15, -0.1) is 0 Å². The van der Waals surface area contributed by atoms with E-state index in [4.69, 9.17) is 0 Å². The molecule has 0 aliphatic rings. The highest BCUT2D eigenvalue weighted by Gasteiger charge is 2.33. The second-order valence-corrected chi connectivity index (χ2v) is 4.57. The monoisotopic (exact) mass is 318 g/mol. The summed E-state index contributed by atoms with van der Waals surface area (Å²) < 4.78 is 38.8. The molecule has 1 aromatic carbocycles. The molecule has 2 rings (SSSR count). The molecule has 0 radical (unpaired) electrons. The van der Waals surface area contributed by atoms with Gasteiger partial charge in [0.1, 0.15) is 5.69 Å². The van der Waals surface area contributed by atoms with Crippen LogP contribution in [0.4, 0.5) is 18.9 Å². The van der Waals surface area contributed by atoms with Crippen molar-refractivity contribution in [2.75, 3.05) is 11.9 Å². The molecule has 0 bridgehead atoms. The van der Waals surface area contributed by atoms with Gasteiger partial charge in [-0.2, -0.15) is 13.2 Å². The van der Waals surface area contributed by atoms with Crippen LogP contribution in [-0.4, -0.2) is 11.5 Å². The molecule has 0 fully saturated rings. The maximum Gasteiger partial charge on any atom is 0.433 e. The molecule has 1 N–H and O–H groups in total. The molecule has 18 heavy (non-hydrogen) atoms. The number of halogens is 4. The van der Waals surface area contributed by atoms with E-state index in [1.807, 2.05) is 6.92 Å². The molecule has 0 atom stereocenters. The number of aromatic nitrogens is 1. The first kappa shape index (κ1) is 13.1. The first-order chi connectivity index (χ1) is 8.43. The third kappa shape index (κ3) is 2.43. The second kappa shape index (κ2) is 4.76. The number of anilines is 1. The van der Waals surface area contributed by atoms with Gasteiger partial charge in [-0.1, -0.05) is 12.1 Å². The second-order valence-electron chi connectivity index (χ2n) is 3.72. The molecule has 0 saturated heterocycles. The van der Waals surface area contributed by atoms with Gasteiger partial charge in [0.05, 0.1) is 5.52 Å². The predicted octanol–water partition coefficient (Wildman–Crippen LogP) is 4.45. The van der Waals surface area contributed by atoms with Crippen molar-refractivity contribution in [3.63, 3.8) is 0 Å². The summed E-state index contributed by atoms with van der Waals surface area (Å²) in [5.41, 5.74) is -0.141. The highest BCUT2D eigenvalue weighted by Crippen LogP contribution is 2.35. The van der Waals surface area contributed by atoms with Gasteiger partial charge in [0.25, 0.3) is 0 Å². The number of pyridine rings is 1. The summed E-state index contributed by atoms with van der Waals surface area (Å²) in [7, 11) is 0. The minimum absolute atomic E-state index is 0.309. The summed E-state index contributed by atoms with van der Waals surface area (Å²) in [6, 6.07) is 6.22. The molecule has 0 aliphatic heterocycles. The fourth-order valence-corrected chi connectivity index (χ4v) is 2.15. The quantitative estimate of drug-likeness (QED) is 0.885. The zero-order valence-corrected chi connectivity index (χ0v) is 11.1. The van der Waals surface area contributed by atoms with Gasteiger partial charge in [0.15, 0.2) is 0 Å². The number of nitrogens with one attached hydrogen (secondary N) is 1.